The topological polar surface area (TPSA) is 64.4 Å². The maximum absolute atomic E-state index is 13.4. The van der Waals surface area contributed by atoms with Crippen LogP contribution in [0.15, 0.2) is 46.5 Å². The maximum atomic E-state index is 13.4. The van der Waals surface area contributed by atoms with Gasteiger partial charge >= 0.3 is 0 Å². The molecule has 2 saturated heterocycles. The lowest BCUT2D eigenvalue weighted by Crippen LogP contribution is -2.39. The fraction of sp³-hybridized carbons (Fsp3) is 0.519. The maximum Gasteiger partial charge on any atom is 0.243 e. The molecule has 3 aromatic rings. The van der Waals surface area contributed by atoms with Gasteiger partial charge in [-0.05, 0) is 80.3 Å². The number of rotatable bonds is 7. The number of thioether (sulfide) groups is 1. The number of aromatic nitrogens is 2. The summed E-state index contributed by atoms with van der Waals surface area (Å²) >= 11 is 1.70. The summed E-state index contributed by atoms with van der Waals surface area (Å²) in [6, 6.07) is 12.0. The van der Waals surface area contributed by atoms with E-state index in [9.17, 15) is 8.42 Å². The first kappa shape index (κ1) is 24.8. The number of imidazole rings is 1. The van der Waals surface area contributed by atoms with Crippen LogP contribution in [0.5, 0.6) is 0 Å². The number of aryl methyl sites for hydroxylation is 2. The van der Waals surface area contributed by atoms with Gasteiger partial charge < -0.3 is 9.30 Å². The summed E-state index contributed by atoms with van der Waals surface area (Å²) in [5, 5.41) is 0.912. The van der Waals surface area contributed by atoms with Crippen LogP contribution < -0.4 is 0 Å². The van der Waals surface area contributed by atoms with Crippen molar-refractivity contribution in [3.05, 3.63) is 53.1 Å². The standard InChI is InChI=1S/C27H35N3O3S2/c1-19-6-4-12-29(16-19)35(31,32)24-10-11-26-25(15-24)28-27(30(26)17-23-7-5-13-33-23)34-18-22-9-8-20(2)21(3)14-22/h8-11,14-15,19,23H,4-7,12-13,16-18H2,1-3H3/t19-,23+/m0/s1. The van der Waals surface area contributed by atoms with Crippen molar-refractivity contribution in [1.29, 1.82) is 0 Å². The molecule has 0 aliphatic carbocycles. The summed E-state index contributed by atoms with van der Waals surface area (Å²) in [7, 11) is -3.52. The van der Waals surface area contributed by atoms with E-state index in [0.717, 1.165) is 60.8 Å². The lowest BCUT2D eigenvalue weighted by molar-refractivity contribution is 0.0960. The van der Waals surface area contributed by atoms with Crippen LogP contribution in [0.4, 0.5) is 0 Å². The number of hydrogen-bond acceptors (Lipinski definition) is 5. The Balaban J connectivity index is 1.46. The van der Waals surface area contributed by atoms with E-state index in [2.05, 4.69) is 43.5 Å². The van der Waals surface area contributed by atoms with E-state index in [0.29, 0.717) is 23.9 Å². The molecule has 2 aromatic carbocycles. The molecular formula is C27H35N3O3S2. The van der Waals surface area contributed by atoms with E-state index in [4.69, 9.17) is 9.72 Å². The van der Waals surface area contributed by atoms with Gasteiger partial charge in [0.1, 0.15) is 0 Å². The molecular weight excluding hydrogens is 478 g/mol. The summed E-state index contributed by atoms with van der Waals surface area (Å²) < 4.78 is 36.6. The van der Waals surface area contributed by atoms with Gasteiger partial charge in [-0.3, -0.25) is 0 Å². The molecule has 0 bridgehead atoms. The molecule has 2 atom stereocenters. The third-order valence-corrected chi connectivity index (χ3v) is 10.2. The largest absolute Gasteiger partial charge is 0.376 e. The third-order valence-electron chi connectivity index (χ3n) is 7.29. The van der Waals surface area contributed by atoms with Gasteiger partial charge in [0, 0.05) is 25.4 Å². The van der Waals surface area contributed by atoms with Crippen LogP contribution >= 0.6 is 11.8 Å². The fourth-order valence-corrected chi connectivity index (χ4v) is 7.67. The average molecular weight is 514 g/mol. The number of sulfonamides is 1. The highest BCUT2D eigenvalue weighted by atomic mass is 32.2. The number of fused-ring (bicyclic) bond motifs is 1. The van der Waals surface area contributed by atoms with Gasteiger partial charge in [-0.25, -0.2) is 13.4 Å². The van der Waals surface area contributed by atoms with E-state index < -0.39 is 10.0 Å². The molecule has 0 unspecified atom stereocenters. The van der Waals surface area contributed by atoms with Crippen LogP contribution in [-0.2, 0) is 27.1 Å². The van der Waals surface area contributed by atoms with Crippen LogP contribution in [0.3, 0.4) is 0 Å². The second kappa shape index (κ2) is 10.2. The van der Waals surface area contributed by atoms with Gasteiger partial charge in [-0.2, -0.15) is 4.31 Å². The zero-order chi connectivity index (χ0) is 24.6. The zero-order valence-electron chi connectivity index (χ0n) is 20.9. The summed E-state index contributed by atoms with van der Waals surface area (Å²) in [6.07, 6.45) is 4.30. The van der Waals surface area contributed by atoms with E-state index in [-0.39, 0.29) is 6.10 Å². The summed E-state index contributed by atoms with van der Waals surface area (Å²) in [6.45, 7) is 9.11. The minimum atomic E-state index is -3.52. The Morgan fingerprint density at radius 3 is 2.69 bits per heavy atom. The Bertz CT molecular complexity index is 1310. The first-order valence-corrected chi connectivity index (χ1v) is 15.0. The minimum Gasteiger partial charge on any atom is -0.376 e. The number of nitrogens with zero attached hydrogens (tertiary/aromatic N) is 3. The molecule has 8 heteroatoms. The SMILES string of the molecule is Cc1ccc(CSc2nc3cc(S(=O)(=O)N4CCC[C@H](C)C4)ccc3n2C[C@H]2CCCO2)cc1C. The van der Waals surface area contributed by atoms with Crippen LogP contribution in [0.25, 0.3) is 11.0 Å². The Morgan fingerprint density at radius 1 is 1.09 bits per heavy atom. The molecule has 0 spiro atoms. The van der Waals surface area contributed by atoms with Gasteiger partial charge in [0.2, 0.25) is 10.0 Å². The van der Waals surface area contributed by atoms with Crippen molar-refractivity contribution in [3.63, 3.8) is 0 Å². The third kappa shape index (κ3) is 5.31. The second-order valence-corrected chi connectivity index (χ2v) is 13.0. The second-order valence-electron chi connectivity index (χ2n) is 10.1. The van der Waals surface area contributed by atoms with Gasteiger partial charge in [0.15, 0.2) is 5.16 Å². The number of ether oxygens (including phenoxy) is 1. The van der Waals surface area contributed by atoms with E-state index >= 15 is 0 Å². The average Bonchev–Trinajstić information content (AvgIpc) is 3.48. The molecule has 35 heavy (non-hydrogen) atoms. The molecule has 0 radical (unpaired) electrons. The van der Waals surface area contributed by atoms with Crippen molar-refractivity contribution in [2.75, 3.05) is 19.7 Å². The first-order valence-electron chi connectivity index (χ1n) is 12.6. The van der Waals surface area contributed by atoms with Crippen molar-refractivity contribution in [3.8, 4) is 0 Å². The molecule has 2 aliphatic rings. The van der Waals surface area contributed by atoms with E-state index in [1.54, 1.807) is 28.2 Å². The van der Waals surface area contributed by atoms with Crippen molar-refractivity contribution >= 4 is 32.8 Å². The van der Waals surface area contributed by atoms with Crippen molar-refractivity contribution in [1.82, 2.24) is 13.9 Å². The molecule has 0 saturated carbocycles. The molecule has 0 N–H and O–H groups in total. The summed E-state index contributed by atoms with van der Waals surface area (Å²) in [5.41, 5.74) is 5.54. The zero-order valence-corrected chi connectivity index (χ0v) is 22.5. The normalized spacial score (nSPS) is 21.7. The van der Waals surface area contributed by atoms with Gasteiger partial charge in [0.05, 0.1) is 28.6 Å². The van der Waals surface area contributed by atoms with Crippen LogP contribution in [-0.4, -0.2) is 48.1 Å². The number of benzene rings is 2. The van der Waals surface area contributed by atoms with Crippen molar-refractivity contribution in [2.24, 2.45) is 5.92 Å². The van der Waals surface area contributed by atoms with Crippen LogP contribution in [0.2, 0.25) is 0 Å². The lowest BCUT2D eigenvalue weighted by Gasteiger charge is -2.30. The molecule has 1 aromatic heterocycles. The smallest absolute Gasteiger partial charge is 0.243 e. The Morgan fingerprint density at radius 2 is 1.94 bits per heavy atom. The lowest BCUT2D eigenvalue weighted by atomic mass is 10.0. The van der Waals surface area contributed by atoms with Gasteiger partial charge in [0.25, 0.3) is 0 Å². The number of piperidine rings is 1. The summed E-state index contributed by atoms with van der Waals surface area (Å²) in [5.74, 6) is 1.20. The highest BCUT2D eigenvalue weighted by Gasteiger charge is 2.29. The van der Waals surface area contributed by atoms with Gasteiger partial charge in [-0.15, -0.1) is 0 Å². The molecule has 188 valence electrons. The Kier molecular flexibility index (Phi) is 7.26. The quantitative estimate of drug-likeness (QED) is 0.388. The predicted molar refractivity (Wildman–Crippen MR) is 141 cm³/mol. The fourth-order valence-electron chi connectivity index (χ4n) is 5.08. The van der Waals surface area contributed by atoms with Crippen LogP contribution in [0.1, 0.15) is 49.3 Å². The Labute approximate surface area is 213 Å². The number of hydrogen-bond donors (Lipinski definition) is 0. The van der Waals surface area contributed by atoms with E-state index in [1.165, 1.54) is 16.7 Å². The molecule has 3 heterocycles. The highest BCUT2D eigenvalue weighted by Crippen LogP contribution is 2.31. The van der Waals surface area contributed by atoms with Crippen LogP contribution in [0, 0.1) is 19.8 Å². The molecule has 2 fully saturated rings. The molecule has 6 nitrogen and oxygen atoms in total. The Hall–Kier alpha value is -1.87. The first-order chi connectivity index (χ1) is 16.8. The molecule has 5 rings (SSSR count). The molecule has 0 amide bonds. The highest BCUT2D eigenvalue weighted by molar-refractivity contribution is 7.98. The van der Waals surface area contributed by atoms with Crippen molar-refractivity contribution in [2.45, 2.75) is 74.9 Å². The van der Waals surface area contributed by atoms with Crippen molar-refractivity contribution < 1.29 is 13.2 Å². The van der Waals surface area contributed by atoms with E-state index in [1.807, 2.05) is 6.07 Å². The monoisotopic (exact) mass is 513 g/mol. The molecule has 2 aliphatic heterocycles. The summed E-state index contributed by atoms with van der Waals surface area (Å²) in [4.78, 5) is 5.27. The van der Waals surface area contributed by atoms with Gasteiger partial charge in [-0.1, -0.05) is 36.9 Å². The predicted octanol–water partition coefficient (Wildman–Crippen LogP) is 5.55. The minimum absolute atomic E-state index is 0.173.